The molecule has 0 amide bonds. The van der Waals surface area contributed by atoms with Gasteiger partial charge in [0, 0.05) is 43.7 Å². The highest BCUT2D eigenvalue weighted by Gasteiger charge is 2.16. The van der Waals surface area contributed by atoms with Crippen molar-refractivity contribution >= 4 is 11.8 Å². The zero-order valence-electron chi connectivity index (χ0n) is 9.17. The Morgan fingerprint density at radius 1 is 1.64 bits per heavy atom. The van der Waals surface area contributed by atoms with Gasteiger partial charge in [0.15, 0.2) is 0 Å². The third-order valence-corrected chi connectivity index (χ3v) is 3.56. The summed E-state index contributed by atoms with van der Waals surface area (Å²) in [5.74, 6) is 2.33. The lowest BCUT2D eigenvalue weighted by molar-refractivity contribution is 0.207. The van der Waals surface area contributed by atoms with E-state index in [0.717, 1.165) is 12.3 Å². The molecule has 0 aromatic rings. The average molecular weight is 214 g/mol. The van der Waals surface area contributed by atoms with Gasteiger partial charge in [-0.3, -0.25) is 4.90 Å². The zero-order chi connectivity index (χ0) is 10.2. The Morgan fingerprint density at radius 2 is 2.50 bits per heavy atom. The lowest BCUT2D eigenvalue weighted by atomic mass is 10.1. The molecule has 0 bridgehead atoms. The summed E-state index contributed by atoms with van der Waals surface area (Å²) in [5, 5.41) is 3.54. The third-order valence-electron chi connectivity index (χ3n) is 2.62. The number of nitrogens with zero attached hydrogens (tertiary/aromatic N) is 1. The maximum atomic E-state index is 3.73. The molecule has 3 heteroatoms. The van der Waals surface area contributed by atoms with Crippen molar-refractivity contribution in [1.82, 2.24) is 10.2 Å². The van der Waals surface area contributed by atoms with Crippen molar-refractivity contribution in [3.63, 3.8) is 0 Å². The molecule has 0 aliphatic carbocycles. The van der Waals surface area contributed by atoms with E-state index in [0.29, 0.717) is 6.04 Å². The molecule has 1 atom stereocenters. The Bertz CT molecular complexity index is 161. The van der Waals surface area contributed by atoms with Gasteiger partial charge in [0.2, 0.25) is 0 Å². The van der Waals surface area contributed by atoms with Crippen molar-refractivity contribution in [2.24, 2.45) is 0 Å². The molecule has 1 heterocycles. The van der Waals surface area contributed by atoms with Gasteiger partial charge >= 0.3 is 0 Å². The number of hydrogen-bond donors (Lipinski definition) is 1. The normalized spacial score (nSPS) is 23.6. The molecule has 1 N–H and O–H groups in total. The van der Waals surface area contributed by atoms with E-state index in [2.05, 4.69) is 23.7 Å². The molecular formula is C11H22N2S. The van der Waals surface area contributed by atoms with E-state index < -0.39 is 0 Å². The molecule has 0 spiro atoms. The zero-order valence-corrected chi connectivity index (χ0v) is 9.98. The van der Waals surface area contributed by atoms with Gasteiger partial charge in [0.05, 0.1) is 0 Å². The molecule has 1 saturated heterocycles. The summed E-state index contributed by atoms with van der Waals surface area (Å²) in [6.07, 6.45) is 3.23. The number of hydrogen-bond acceptors (Lipinski definition) is 3. The van der Waals surface area contributed by atoms with E-state index in [-0.39, 0.29) is 0 Å². The van der Waals surface area contributed by atoms with E-state index in [9.17, 15) is 0 Å². The Morgan fingerprint density at radius 3 is 3.21 bits per heavy atom. The molecule has 1 rings (SSSR count). The first-order chi connectivity index (χ1) is 6.86. The molecule has 82 valence electrons. The summed E-state index contributed by atoms with van der Waals surface area (Å²) >= 11 is 1.98. The van der Waals surface area contributed by atoms with E-state index >= 15 is 0 Å². The summed E-state index contributed by atoms with van der Waals surface area (Å²) < 4.78 is 0. The first-order valence-electron chi connectivity index (χ1n) is 5.51. The van der Waals surface area contributed by atoms with Gasteiger partial charge in [-0.05, 0) is 6.42 Å². The maximum Gasteiger partial charge on any atom is 0.0192 e. The molecule has 0 aromatic carbocycles. The van der Waals surface area contributed by atoms with Gasteiger partial charge in [0.25, 0.3) is 0 Å². The molecule has 0 radical (unpaired) electrons. The van der Waals surface area contributed by atoms with Crippen molar-refractivity contribution in [2.75, 3.05) is 37.7 Å². The Hall–Kier alpha value is 0.01000. The second-order valence-corrected chi connectivity index (χ2v) is 4.87. The van der Waals surface area contributed by atoms with Crippen LogP contribution in [0.4, 0.5) is 0 Å². The van der Waals surface area contributed by atoms with E-state index in [1.165, 1.54) is 31.8 Å². The minimum atomic E-state index is 0.716. The Labute approximate surface area is 92.1 Å². The molecule has 0 saturated carbocycles. The molecule has 1 aliphatic heterocycles. The topological polar surface area (TPSA) is 15.3 Å². The van der Waals surface area contributed by atoms with Crippen LogP contribution in [0.1, 0.15) is 13.3 Å². The average Bonchev–Trinajstić information content (AvgIpc) is 2.25. The smallest absolute Gasteiger partial charge is 0.0192 e. The van der Waals surface area contributed by atoms with Gasteiger partial charge in [0.1, 0.15) is 0 Å². The van der Waals surface area contributed by atoms with Crippen LogP contribution in [-0.4, -0.2) is 48.6 Å². The van der Waals surface area contributed by atoms with Crippen molar-refractivity contribution in [1.29, 1.82) is 0 Å². The summed E-state index contributed by atoms with van der Waals surface area (Å²) in [6.45, 7) is 10.8. The second kappa shape index (κ2) is 7.32. The molecule has 2 nitrogen and oxygen atoms in total. The summed E-state index contributed by atoms with van der Waals surface area (Å²) in [5.41, 5.74) is 0. The molecule has 1 aliphatic rings. The fourth-order valence-corrected chi connectivity index (χ4v) is 2.45. The minimum absolute atomic E-state index is 0.716. The predicted molar refractivity (Wildman–Crippen MR) is 66.0 cm³/mol. The van der Waals surface area contributed by atoms with E-state index in [4.69, 9.17) is 0 Å². The van der Waals surface area contributed by atoms with Gasteiger partial charge in [-0.2, -0.15) is 11.8 Å². The second-order valence-electron chi connectivity index (χ2n) is 3.72. The van der Waals surface area contributed by atoms with Crippen LogP contribution in [0.25, 0.3) is 0 Å². The SMILES string of the molecule is C=CCSCCN1CCNC(CC)C1. The fourth-order valence-electron chi connectivity index (χ4n) is 1.73. The summed E-state index contributed by atoms with van der Waals surface area (Å²) in [4.78, 5) is 2.57. The monoisotopic (exact) mass is 214 g/mol. The highest BCUT2D eigenvalue weighted by molar-refractivity contribution is 7.99. The number of piperazine rings is 1. The van der Waals surface area contributed by atoms with Gasteiger partial charge < -0.3 is 5.32 Å². The van der Waals surface area contributed by atoms with Crippen LogP contribution in [-0.2, 0) is 0 Å². The highest BCUT2D eigenvalue weighted by Crippen LogP contribution is 2.05. The number of thioether (sulfide) groups is 1. The maximum absolute atomic E-state index is 3.73. The molecular weight excluding hydrogens is 192 g/mol. The van der Waals surface area contributed by atoms with Crippen molar-refractivity contribution < 1.29 is 0 Å². The van der Waals surface area contributed by atoms with Crippen LogP contribution in [0.5, 0.6) is 0 Å². The number of nitrogens with one attached hydrogen (secondary N) is 1. The van der Waals surface area contributed by atoms with Crippen molar-refractivity contribution in [3.05, 3.63) is 12.7 Å². The van der Waals surface area contributed by atoms with Gasteiger partial charge in [-0.15, -0.1) is 6.58 Å². The minimum Gasteiger partial charge on any atom is -0.311 e. The van der Waals surface area contributed by atoms with Gasteiger partial charge in [-0.25, -0.2) is 0 Å². The first-order valence-corrected chi connectivity index (χ1v) is 6.66. The van der Waals surface area contributed by atoms with Crippen LogP contribution in [0.3, 0.4) is 0 Å². The van der Waals surface area contributed by atoms with Crippen LogP contribution in [0.15, 0.2) is 12.7 Å². The quantitative estimate of drug-likeness (QED) is 0.534. The molecule has 1 fully saturated rings. The Balaban J connectivity index is 2.08. The van der Waals surface area contributed by atoms with Crippen LogP contribution in [0, 0.1) is 0 Å². The summed E-state index contributed by atoms with van der Waals surface area (Å²) in [7, 11) is 0. The lowest BCUT2D eigenvalue weighted by Gasteiger charge is -2.33. The van der Waals surface area contributed by atoms with Crippen LogP contribution >= 0.6 is 11.8 Å². The first kappa shape index (κ1) is 12.1. The summed E-state index contributed by atoms with van der Waals surface area (Å²) in [6, 6.07) is 0.716. The predicted octanol–water partition coefficient (Wildman–Crippen LogP) is 1.59. The Kier molecular flexibility index (Phi) is 6.32. The molecule has 1 unspecified atom stereocenters. The van der Waals surface area contributed by atoms with E-state index in [1.54, 1.807) is 0 Å². The molecule has 0 aromatic heterocycles. The standard InChI is InChI=1S/C11H22N2S/c1-3-8-14-9-7-13-6-5-12-11(4-2)10-13/h3,11-12H,1,4-10H2,2H3. The van der Waals surface area contributed by atoms with Gasteiger partial charge in [-0.1, -0.05) is 13.0 Å². The highest BCUT2D eigenvalue weighted by atomic mass is 32.2. The van der Waals surface area contributed by atoms with Crippen molar-refractivity contribution in [3.8, 4) is 0 Å². The fraction of sp³-hybridized carbons (Fsp3) is 0.818. The third kappa shape index (κ3) is 4.49. The van der Waals surface area contributed by atoms with Crippen LogP contribution in [0.2, 0.25) is 0 Å². The number of rotatable bonds is 6. The van der Waals surface area contributed by atoms with Crippen LogP contribution < -0.4 is 5.32 Å². The largest absolute Gasteiger partial charge is 0.311 e. The van der Waals surface area contributed by atoms with E-state index in [1.807, 2.05) is 17.8 Å². The molecule has 14 heavy (non-hydrogen) atoms. The van der Waals surface area contributed by atoms with Crippen molar-refractivity contribution in [2.45, 2.75) is 19.4 Å². The lowest BCUT2D eigenvalue weighted by Crippen LogP contribution is -2.50.